The topological polar surface area (TPSA) is 218 Å². The molecule has 5 heterocycles. The average Bonchev–Trinajstić information content (AvgIpc) is 4.05. The number of para-hydroxylation sites is 2. The Kier molecular flexibility index (Phi) is 17.1. The summed E-state index contributed by atoms with van der Waals surface area (Å²) in [7, 11) is -0.417. The zero-order chi connectivity index (χ0) is 52.8. The lowest BCUT2D eigenvalue weighted by Crippen LogP contribution is -2.54. The number of piperazine rings is 1. The molecule has 5 aromatic rings. The molecule has 22 heteroatoms. The highest BCUT2D eigenvalue weighted by molar-refractivity contribution is 7.92. The fourth-order valence-corrected chi connectivity index (χ4v) is 11.7. The number of β-amino-alcohol motifs (C(OH)–C–C–N with tert-alkyl or cyclic N) is 1. The third-order valence-corrected chi connectivity index (χ3v) is 17.2. The second kappa shape index (κ2) is 23.8. The molecule has 3 atom stereocenters. The molecule has 3 aromatic carbocycles. The quantitative estimate of drug-likeness (QED) is 0.0618. The molecule has 400 valence electrons. The summed E-state index contributed by atoms with van der Waals surface area (Å²) >= 11 is 8.09. The first-order valence-electron chi connectivity index (χ1n) is 25.6. The number of hydrogen-bond acceptors (Lipinski definition) is 16. The molecule has 0 bridgehead atoms. The van der Waals surface area contributed by atoms with E-state index in [0.717, 1.165) is 105 Å². The molecule has 1 saturated carbocycles. The van der Waals surface area contributed by atoms with Crippen LogP contribution in [0.1, 0.15) is 49.8 Å². The van der Waals surface area contributed by atoms with Gasteiger partial charge in [0.2, 0.25) is 33.7 Å². The summed E-state index contributed by atoms with van der Waals surface area (Å²) in [5.74, 6) is 1.19. The number of halogens is 1. The van der Waals surface area contributed by atoms with Crippen LogP contribution in [-0.4, -0.2) is 158 Å². The van der Waals surface area contributed by atoms with E-state index in [1.165, 1.54) is 17.5 Å². The third-order valence-electron chi connectivity index (χ3n) is 14.7. The van der Waals surface area contributed by atoms with E-state index in [-0.39, 0.29) is 54.1 Å². The van der Waals surface area contributed by atoms with Crippen molar-refractivity contribution < 1.29 is 32.6 Å². The molecule has 19 nitrogen and oxygen atoms in total. The Labute approximate surface area is 448 Å². The van der Waals surface area contributed by atoms with Crippen LogP contribution < -0.4 is 35.2 Å². The predicted octanol–water partition coefficient (Wildman–Crippen LogP) is 5.85. The number of amides is 3. The highest BCUT2D eigenvalue weighted by Crippen LogP contribution is 2.37. The number of nitrogens with zero attached hydrogens (tertiary/aromatic N) is 8. The number of hydrogen-bond donors (Lipinski definition) is 5. The van der Waals surface area contributed by atoms with Crippen molar-refractivity contribution in [1.82, 2.24) is 40.3 Å². The Hall–Kier alpha value is -6.10. The zero-order valence-electron chi connectivity index (χ0n) is 42.9. The number of carbonyl (C=O) groups excluding carboxylic acids is 3. The molecule has 0 unspecified atom stereocenters. The molecule has 2 aromatic heterocycles. The van der Waals surface area contributed by atoms with Crippen LogP contribution in [0.2, 0.25) is 5.02 Å². The van der Waals surface area contributed by atoms with Crippen molar-refractivity contribution in [3.63, 3.8) is 0 Å². The van der Waals surface area contributed by atoms with Gasteiger partial charge in [-0.2, -0.15) is 4.98 Å². The number of anilines is 6. The predicted molar refractivity (Wildman–Crippen MR) is 294 cm³/mol. The molecule has 3 amide bonds. The number of sulfonamides is 1. The first-order chi connectivity index (χ1) is 36.1. The minimum Gasteiger partial charge on any atom is -0.494 e. The Morgan fingerprint density at radius 1 is 0.920 bits per heavy atom. The highest BCUT2D eigenvalue weighted by Gasteiger charge is 2.44. The summed E-state index contributed by atoms with van der Waals surface area (Å²) < 4.78 is 31.6. The van der Waals surface area contributed by atoms with E-state index in [1.54, 1.807) is 47.6 Å². The van der Waals surface area contributed by atoms with E-state index >= 15 is 0 Å². The summed E-state index contributed by atoms with van der Waals surface area (Å²) in [5.41, 5.74) is 7.51. The van der Waals surface area contributed by atoms with Gasteiger partial charge < -0.3 is 40.9 Å². The minimum absolute atomic E-state index is 0.0557. The summed E-state index contributed by atoms with van der Waals surface area (Å²) in [5, 5.41) is 23.4. The van der Waals surface area contributed by atoms with Crippen molar-refractivity contribution in [2.45, 2.75) is 70.2 Å². The van der Waals surface area contributed by atoms with Gasteiger partial charge in [-0.25, -0.2) is 18.4 Å². The molecule has 9 rings (SSSR count). The molecule has 5 N–H and O–H groups in total. The number of likely N-dealkylation sites (tertiary alicyclic amines) is 2. The fraction of sp³-hybridized carbons (Fsp3) is 0.472. The van der Waals surface area contributed by atoms with Crippen LogP contribution in [0.3, 0.4) is 0 Å². The minimum atomic E-state index is -3.52. The molecule has 3 aliphatic heterocycles. The van der Waals surface area contributed by atoms with Gasteiger partial charge in [-0.1, -0.05) is 48.0 Å². The van der Waals surface area contributed by atoms with Gasteiger partial charge >= 0.3 is 0 Å². The van der Waals surface area contributed by atoms with Gasteiger partial charge in [-0.05, 0) is 99.3 Å². The lowest BCUT2D eigenvalue weighted by molar-refractivity contribution is -0.139. The summed E-state index contributed by atoms with van der Waals surface area (Å²) in [4.78, 5) is 63.9. The summed E-state index contributed by atoms with van der Waals surface area (Å²) in [6.07, 6.45) is 5.97. The van der Waals surface area contributed by atoms with E-state index in [9.17, 15) is 27.9 Å². The number of aliphatic hydroxyl groups excluding tert-OH is 1. The fourth-order valence-electron chi connectivity index (χ4n) is 10.3. The van der Waals surface area contributed by atoms with Gasteiger partial charge in [-0.15, -0.1) is 11.3 Å². The number of aryl methyl sites for hydroxylation is 1. The number of ether oxygens (including phenoxy) is 1. The lowest BCUT2D eigenvalue weighted by atomic mass is 9.96. The largest absolute Gasteiger partial charge is 0.494 e. The van der Waals surface area contributed by atoms with E-state index < -0.39 is 28.2 Å². The lowest BCUT2D eigenvalue weighted by Gasteiger charge is -2.39. The second-order valence-corrected chi connectivity index (χ2v) is 23.4. The van der Waals surface area contributed by atoms with Crippen molar-refractivity contribution in [1.29, 1.82) is 0 Å². The van der Waals surface area contributed by atoms with Crippen LogP contribution in [0.5, 0.6) is 5.75 Å². The monoisotopic (exact) mass is 1080 g/mol. The molecular formula is C53H67ClN12O7S2. The second-order valence-electron chi connectivity index (χ2n) is 20.1. The van der Waals surface area contributed by atoms with Crippen LogP contribution in [0.15, 0.2) is 78.4 Å². The maximum Gasteiger partial charge on any atom is 0.245 e. The first-order valence-corrected chi connectivity index (χ1v) is 28.7. The van der Waals surface area contributed by atoms with E-state index in [1.807, 2.05) is 54.9 Å². The van der Waals surface area contributed by atoms with Crippen LogP contribution in [-0.2, 0) is 31.0 Å². The number of piperidine rings is 1. The van der Waals surface area contributed by atoms with Crippen LogP contribution in [0.4, 0.5) is 34.5 Å². The zero-order valence-corrected chi connectivity index (χ0v) is 45.3. The standard InChI is InChI=1S/C53H67ClN12O7S2/c1-34-50(74-33-57-34)38-11-9-35(10-12-38)28-55-47(68)27-40-25-41(67)31-66(40)52(70)49(37-13-14-37)60-48(69)32-63-19-17-36(18-20-63)30-64-21-23-65(24-22-64)39-15-16-44(46(26-39)73-3)59-53-56-29-42(54)51(61-53)58-43-7-5-6-8-45(43)62(2)75(4,71)72/h5-12,15-16,26,29,33,36-37,40-41,49,67H,13-14,17-25,27-28,30-32H2,1-4H3,(H,55,68)(H,60,69)(H2,56,58,59,61)/t40-,41-,49+/m1/s1. The van der Waals surface area contributed by atoms with Crippen molar-refractivity contribution in [2.24, 2.45) is 11.8 Å². The van der Waals surface area contributed by atoms with Crippen molar-refractivity contribution in [3.05, 3.63) is 94.7 Å². The SMILES string of the molecule is COc1cc(N2CCN(CC3CCN(CC(=O)N[C@H](C(=O)N4C[C@H](O)C[C@@H]4CC(=O)NCc4ccc(-c5scnc5C)cc4)C4CC4)CC3)CC2)ccc1Nc1ncc(Cl)c(Nc2ccccc2N(C)S(C)(=O)=O)n1. The van der Waals surface area contributed by atoms with Crippen LogP contribution >= 0.6 is 22.9 Å². The molecule has 4 fully saturated rings. The third kappa shape index (κ3) is 13.7. The molecule has 1 aliphatic carbocycles. The maximum absolute atomic E-state index is 14.1. The number of thiazole rings is 1. The van der Waals surface area contributed by atoms with Gasteiger partial charge in [0.1, 0.15) is 16.8 Å². The Morgan fingerprint density at radius 3 is 2.36 bits per heavy atom. The van der Waals surface area contributed by atoms with Gasteiger partial charge in [0.15, 0.2) is 5.82 Å². The van der Waals surface area contributed by atoms with Gasteiger partial charge in [-0.3, -0.25) is 28.5 Å². The number of methoxy groups -OCH3 is 1. The normalized spacial score (nSPS) is 19.1. The van der Waals surface area contributed by atoms with Gasteiger partial charge in [0.25, 0.3) is 0 Å². The number of aliphatic hydroxyl groups is 1. The summed E-state index contributed by atoms with van der Waals surface area (Å²) in [6.45, 7) is 8.88. The smallest absolute Gasteiger partial charge is 0.245 e. The number of aromatic nitrogens is 3. The van der Waals surface area contributed by atoms with E-state index in [2.05, 4.69) is 50.9 Å². The first kappa shape index (κ1) is 53.7. The molecular weight excluding hydrogens is 1020 g/mol. The van der Waals surface area contributed by atoms with Gasteiger partial charge in [0.05, 0.1) is 65.4 Å². The van der Waals surface area contributed by atoms with Crippen molar-refractivity contribution >= 4 is 85.2 Å². The maximum atomic E-state index is 14.1. The van der Waals surface area contributed by atoms with Crippen molar-refractivity contribution in [2.75, 3.05) is 99.2 Å². The molecule has 75 heavy (non-hydrogen) atoms. The van der Waals surface area contributed by atoms with Crippen molar-refractivity contribution in [3.8, 4) is 16.2 Å². The molecule has 3 saturated heterocycles. The average molecular weight is 1080 g/mol. The number of benzene rings is 3. The van der Waals surface area contributed by atoms with Crippen LogP contribution in [0, 0.1) is 18.8 Å². The van der Waals surface area contributed by atoms with E-state index in [4.69, 9.17) is 16.3 Å². The number of carbonyl (C=O) groups is 3. The van der Waals surface area contributed by atoms with Gasteiger partial charge in [0, 0.05) is 77.1 Å². The Balaban J connectivity index is 0.703. The molecule has 0 spiro atoms. The molecule has 0 radical (unpaired) electrons. The number of rotatable bonds is 20. The highest BCUT2D eigenvalue weighted by atomic mass is 35.5. The summed E-state index contributed by atoms with van der Waals surface area (Å²) in [6, 6.07) is 19.9. The van der Waals surface area contributed by atoms with E-state index in [0.29, 0.717) is 47.5 Å². The van der Waals surface area contributed by atoms with Crippen LogP contribution in [0.25, 0.3) is 10.4 Å². The Bertz CT molecular complexity index is 2930. The Morgan fingerprint density at radius 2 is 1.67 bits per heavy atom. The molecule has 4 aliphatic rings. The number of nitrogens with one attached hydrogen (secondary N) is 4.